The Kier molecular flexibility index (Phi) is 4.75. The number of nitrogens with one attached hydrogen (secondary N) is 1. The summed E-state index contributed by atoms with van der Waals surface area (Å²) in [4.78, 5) is 12.6. The maximum Gasteiger partial charge on any atom is 0.257 e. The minimum atomic E-state index is -0.157. The third-order valence-electron chi connectivity index (χ3n) is 4.07. The molecular formula is C20H20N2O2. The lowest BCUT2D eigenvalue weighted by molar-refractivity contribution is 0.0950. The number of benzene rings is 2. The molecule has 0 saturated heterocycles. The van der Waals surface area contributed by atoms with E-state index in [1.165, 1.54) is 5.56 Å². The van der Waals surface area contributed by atoms with Gasteiger partial charge in [0.15, 0.2) is 0 Å². The van der Waals surface area contributed by atoms with Gasteiger partial charge in [0, 0.05) is 12.1 Å². The van der Waals surface area contributed by atoms with Crippen LogP contribution in [0.4, 0.5) is 0 Å². The highest BCUT2D eigenvalue weighted by Gasteiger charge is 2.21. The molecule has 1 aromatic heterocycles. The zero-order valence-electron chi connectivity index (χ0n) is 13.8. The number of aromatic nitrogens is 1. The zero-order valence-corrected chi connectivity index (χ0v) is 13.8. The van der Waals surface area contributed by atoms with Crippen LogP contribution in [0.1, 0.15) is 34.5 Å². The standard InChI is InChI=1S/C20H20N2O2/c1-14(16-9-5-3-6-10-16)13-21-20(23)18-15(2)24-22-19(18)17-11-7-4-8-12-17/h3-12,14H,13H2,1-2H3,(H,21,23). The van der Waals surface area contributed by atoms with E-state index >= 15 is 0 Å². The molecule has 0 bridgehead atoms. The first kappa shape index (κ1) is 16.0. The van der Waals surface area contributed by atoms with Gasteiger partial charge in [-0.2, -0.15) is 0 Å². The predicted octanol–water partition coefficient (Wildman–Crippen LogP) is 4.18. The van der Waals surface area contributed by atoms with Gasteiger partial charge in [-0.1, -0.05) is 72.7 Å². The minimum Gasteiger partial charge on any atom is -0.360 e. The Balaban J connectivity index is 1.75. The van der Waals surface area contributed by atoms with Crippen LogP contribution in [0.2, 0.25) is 0 Å². The minimum absolute atomic E-state index is 0.157. The van der Waals surface area contributed by atoms with Crippen LogP contribution in [0.5, 0.6) is 0 Å². The molecule has 0 radical (unpaired) electrons. The maximum atomic E-state index is 12.6. The van der Waals surface area contributed by atoms with E-state index in [-0.39, 0.29) is 11.8 Å². The summed E-state index contributed by atoms with van der Waals surface area (Å²) in [5.74, 6) is 0.601. The van der Waals surface area contributed by atoms with Crippen molar-refractivity contribution < 1.29 is 9.32 Å². The van der Waals surface area contributed by atoms with Crippen LogP contribution in [0, 0.1) is 6.92 Å². The second kappa shape index (κ2) is 7.13. The van der Waals surface area contributed by atoms with Crippen molar-refractivity contribution >= 4 is 5.91 Å². The van der Waals surface area contributed by atoms with Gasteiger partial charge >= 0.3 is 0 Å². The predicted molar refractivity (Wildman–Crippen MR) is 93.9 cm³/mol. The fourth-order valence-electron chi connectivity index (χ4n) is 2.67. The lowest BCUT2D eigenvalue weighted by atomic mass is 10.0. The molecule has 0 aliphatic heterocycles. The van der Waals surface area contributed by atoms with Gasteiger partial charge in [-0.25, -0.2) is 0 Å². The third-order valence-corrected chi connectivity index (χ3v) is 4.07. The van der Waals surface area contributed by atoms with E-state index < -0.39 is 0 Å². The monoisotopic (exact) mass is 320 g/mol. The summed E-state index contributed by atoms with van der Waals surface area (Å²) in [6.45, 7) is 4.41. The van der Waals surface area contributed by atoms with Crippen LogP contribution >= 0.6 is 0 Å². The van der Waals surface area contributed by atoms with Gasteiger partial charge in [-0.15, -0.1) is 0 Å². The van der Waals surface area contributed by atoms with Gasteiger partial charge < -0.3 is 9.84 Å². The van der Waals surface area contributed by atoms with E-state index in [0.717, 1.165) is 5.56 Å². The van der Waals surface area contributed by atoms with Gasteiger partial charge in [-0.05, 0) is 18.4 Å². The molecule has 1 atom stereocenters. The Bertz CT molecular complexity index is 810. The Morgan fingerprint density at radius 1 is 1.08 bits per heavy atom. The number of nitrogens with zero attached hydrogens (tertiary/aromatic N) is 1. The number of rotatable bonds is 5. The number of carbonyl (C=O) groups is 1. The van der Waals surface area contributed by atoms with E-state index in [9.17, 15) is 4.79 Å². The summed E-state index contributed by atoms with van der Waals surface area (Å²) < 4.78 is 5.25. The van der Waals surface area contributed by atoms with Gasteiger partial charge in [0.2, 0.25) is 0 Å². The Morgan fingerprint density at radius 3 is 2.38 bits per heavy atom. The molecular weight excluding hydrogens is 300 g/mol. The molecule has 1 unspecified atom stereocenters. The molecule has 4 heteroatoms. The number of carbonyl (C=O) groups excluding carboxylic acids is 1. The van der Waals surface area contributed by atoms with E-state index in [0.29, 0.717) is 23.6 Å². The van der Waals surface area contributed by atoms with Crippen molar-refractivity contribution in [2.24, 2.45) is 0 Å². The molecule has 24 heavy (non-hydrogen) atoms. The van der Waals surface area contributed by atoms with E-state index in [2.05, 4.69) is 29.5 Å². The van der Waals surface area contributed by atoms with Gasteiger partial charge in [0.25, 0.3) is 5.91 Å². The van der Waals surface area contributed by atoms with Gasteiger partial charge in [0.1, 0.15) is 17.0 Å². The van der Waals surface area contributed by atoms with Crippen molar-refractivity contribution in [3.8, 4) is 11.3 Å². The lowest BCUT2D eigenvalue weighted by Gasteiger charge is -2.13. The van der Waals surface area contributed by atoms with Crippen LogP contribution < -0.4 is 5.32 Å². The highest BCUT2D eigenvalue weighted by atomic mass is 16.5. The second-order valence-corrected chi connectivity index (χ2v) is 5.85. The Labute approximate surface area is 141 Å². The van der Waals surface area contributed by atoms with E-state index in [4.69, 9.17) is 4.52 Å². The van der Waals surface area contributed by atoms with Crippen LogP contribution in [0.3, 0.4) is 0 Å². The van der Waals surface area contributed by atoms with Crippen molar-refractivity contribution in [3.05, 3.63) is 77.6 Å². The summed E-state index contributed by atoms with van der Waals surface area (Å²) in [5.41, 5.74) is 3.15. The lowest BCUT2D eigenvalue weighted by Crippen LogP contribution is -2.28. The van der Waals surface area contributed by atoms with Crippen LogP contribution in [-0.4, -0.2) is 17.6 Å². The summed E-state index contributed by atoms with van der Waals surface area (Å²) in [5, 5.41) is 7.05. The molecule has 3 aromatic rings. The molecule has 1 amide bonds. The number of amides is 1. The van der Waals surface area contributed by atoms with E-state index in [1.54, 1.807) is 6.92 Å². The molecule has 4 nitrogen and oxygen atoms in total. The summed E-state index contributed by atoms with van der Waals surface area (Å²) in [6, 6.07) is 19.7. The van der Waals surface area contributed by atoms with Gasteiger partial charge in [0.05, 0.1) is 0 Å². The Morgan fingerprint density at radius 2 is 1.71 bits per heavy atom. The number of hydrogen-bond donors (Lipinski definition) is 1. The third kappa shape index (κ3) is 3.38. The maximum absolute atomic E-state index is 12.6. The molecule has 122 valence electrons. The van der Waals surface area contributed by atoms with Crippen molar-refractivity contribution in [2.45, 2.75) is 19.8 Å². The van der Waals surface area contributed by atoms with Crippen LogP contribution in [-0.2, 0) is 0 Å². The summed E-state index contributed by atoms with van der Waals surface area (Å²) in [6.07, 6.45) is 0. The average Bonchev–Trinajstić information content (AvgIpc) is 3.02. The summed E-state index contributed by atoms with van der Waals surface area (Å²) >= 11 is 0. The van der Waals surface area contributed by atoms with Crippen molar-refractivity contribution in [3.63, 3.8) is 0 Å². The molecule has 0 aliphatic carbocycles. The van der Waals surface area contributed by atoms with Crippen LogP contribution in [0.15, 0.2) is 65.2 Å². The molecule has 0 spiro atoms. The van der Waals surface area contributed by atoms with Crippen molar-refractivity contribution in [1.29, 1.82) is 0 Å². The van der Waals surface area contributed by atoms with Crippen LogP contribution in [0.25, 0.3) is 11.3 Å². The topological polar surface area (TPSA) is 55.1 Å². The number of hydrogen-bond acceptors (Lipinski definition) is 3. The Hall–Kier alpha value is -2.88. The first-order valence-corrected chi connectivity index (χ1v) is 8.01. The molecule has 2 aromatic carbocycles. The molecule has 1 heterocycles. The molecule has 0 fully saturated rings. The van der Waals surface area contributed by atoms with E-state index in [1.807, 2.05) is 48.5 Å². The quantitative estimate of drug-likeness (QED) is 0.767. The van der Waals surface area contributed by atoms with Gasteiger partial charge in [-0.3, -0.25) is 4.79 Å². The smallest absolute Gasteiger partial charge is 0.257 e. The first-order valence-electron chi connectivity index (χ1n) is 8.01. The number of aryl methyl sites for hydroxylation is 1. The molecule has 0 saturated carbocycles. The fraction of sp³-hybridized carbons (Fsp3) is 0.200. The molecule has 1 N–H and O–H groups in total. The zero-order chi connectivity index (χ0) is 16.9. The fourth-order valence-corrected chi connectivity index (χ4v) is 2.67. The average molecular weight is 320 g/mol. The normalized spacial score (nSPS) is 11.9. The second-order valence-electron chi connectivity index (χ2n) is 5.85. The highest BCUT2D eigenvalue weighted by molar-refractivity contribution is 6.00. The van der Waals surface area contributed by atoms with Crippen molar-refractivity contribution in [2.75, 3.05) is 6.54 Å². The van der Waals surface area contributed by atoms with Crippen molar-refractivity contribution in [1.82, 2.24) is 10.5 Å². The first-order chi connectivity index (χ1) is 11.7. The molecule has 3 rings (SSSR count). The SMILES string of the molecule is Cc1onc(-c2ccccc2)c1C(=O)NCC(C)c1ccccc1. The summed E-state index contributed by atoms with van der Waals surface area (Å²) in [7, 11) is 0. The highest BCUT2D eigenvalue weighted by Crippen LogP contribution is 2.25. The largest absolute Gasteiger partial charge is 0.360 e. The molecule has 0 aliphatic rings.